The normalized spacial score (nSPS) is 19.9. The van der Waals surface area contributed by atoms with Crippen LogP contribution in [0.4, 0.5) is 0 Å². The molecule has 1 aromatic carbocycles. The molecular formula is C14H19NOS. The van der Waals surface area contributed by atoms with Gasteiger partial charge in [-0.15, -0.1) is 11.8 Å². The van der Waals surface area contributed by atoms with Crippen molar-refractivity contribution >= 4 is 17.7 Å². The van der Waals surface area contributed by atoms with Gasteiger partial charge in [-0.3, -0.25) is 4.79 Å². The van der Waals surface area contributed by atoms with Crippen LogP contribution in [0.5, 0.6) is 0 Å². The van der Waals surface area contributed by atoms with Crippen LogP contribution in [-0.2, 0) is 11.3 Å². The van der Waals surface area contributed by atoms with Gasteiger partial charge in [-0.1, -0.05) is 36.8 Å². The molecule has 1 aromatic rings. The van der Waals surface area contributed by atoms with E-state index in [0.717, 1.165) is 18.7 Å². The van der Waals surface area contributed by atoms with Crippen molar-refractivity contribution in [2.75, 3.05) is 12.8 Å². The van der Waals surface area contributed by atoms with Crippen molar-refractivity contribution in [1.29, 1.82) is 0 Å². The summed E-state index contributed by atoms with van der Waals surface area (Å²) in [6, 6.07) is 10.2. The second-order valence-electron chi connectivity index (χ2n) is 4.54. The Morgan fingerprint density at radius 2 is 2.12 bits per heavy atom. The van der Waals surface area contributed by atoms with Gasteiger partial charge in [0.05, 0.1) is 5.25 Å². The van der Waals surface area contributed by atoms with Crippen molar-refractivity contribution in [3.63, 3.8) is 0 Å². The van der Waals surface area contributed by atoms with Gasteiger partial charge in [0.15, 0.2) is 0 Å². The molecule has 0 saturated carbocycles. The lowest BCUT2D eigenvalue weighted by molar-refractivity contribution is -0.130. The third-order valence-electron chi connectivity index (χ3n) is 3.09. The van der Waals surface area contributed by atoms with Crippen molar-refractivity contribution in [3.05, 3.63) is 35.9 Å². The Kier molecular flexibility index (Phi) is 4.49. The Labute approximate surface area is 107 Å². The molecule has 0 N–H and O–H groups in total. The van der Waals surface area contributed by atoms with Gasteiger partial charge in [-0.25, -0.2) is 0 Å². The summed E-state index contributed by atoms with van der Waals surface area (Å²) < 4.78 is 0. The van der Waals surface area contributed by atoms with E-state index in [9.17, 15) is 4.79 Å². The van der Waals surface area contributed by atoms with Crippen LogP contribution in [0, 0.1) is 0 Å². The minimum absolute atomic E-state index is 0.192. The molecule has 0 spiro atoms. The van der Waals surface area contributed by atoms with Crippen molar-refractivity contribution < 1.29 is 4.79 Å². The highest BCUT2D eigenvalue weighted by atomic mass is 32.2. The van der Waals surface area contributed by atoms with E-state index in [0.29, 0.717) is 5.91 Å². The number of amides is 1. The predicted molar refractivity (Wildman–Crippen MR) is 73.0 cm³/mol. The molecule has 0 aliphatic carbocycles. The first-order valence-electron chi connectivity index (χ1n) is 6.18. The minimum atomic E-state index is 0.192. The van der Waals surface area contributed by atoms with E-state index in [1.807, 2.05) is 41.9 Å². The molecule has 1 fully saturated rings. The van der Waals surface area contributed by atoms with Gasteiger partial charge >= 0.3 is 0 Å². The fourth-order valence-corrected chi connectivity index (χ4v) is 3.43. The average molecular weight is 249 g/mol. The monoisotopic (exact) mass is 249 g/mol. The van der Waals surface area contributed by atoms with E-state index in [4.69, 9.17) is 0 Å². The largest absolute Gasteiger partial charge is 0.340 e. The van der Waals surface area contributed by atoms with Gasteiger partial charge in [0.25, 0.3) is 0 Å². The molecule has 1 saturated heterocycles. The predicted octanol–water partition coefficient (Wildman–Crippen LogP) is 2.93. The second-order valence-corrected chi connectivity index (χ2v) is 5.85. The van der Waals surface area contributed by atoms with Gasteiger partial charge in [0.2, 0.25) is 5.91 Å². The Bertz CT molecular complexity index is 360. The number of benzene rings is 1. The number of thioether (sulfide) groups is 1. The minimum Gasteiger partial charge on any atom is -0.340 e. The van der Waals surface area contributed by atoms with E-state index < -0.39 is 0 Å². The van der Waals surface area contributed by atoms with Crippen LogP contribution in [0.1, 0.15) is 24.8 Å². The van der Waals surface area contributed by atoms with E-state index in [1.54, 1.807) is 0 Å². The number of nitrogens with zero attached hydrogens (tertiary/aromatic N) is 1. The van der Waals surface area contributed by atoms with Crippen LogP contribution < -0.4 is 0 Å². The molecule has 3 heteroatoms. The molecule has 0 bridgehead atoms. The van der Waals surface area contributed by atoms with Crippen LogP contribution >= 0.6 is 11.8 Å². The quantitative estimate of drug-likeness (QED) is 0.821. The summed E-state index contributed by atoms with van der Waals surface area (Å²) in [7, 11) is 1.91. The maximum absolute atomic E-state index is 12.2. The summed E-state index contributed by atoms with van der Waals surface area (Å²) in [5.74, 6) is 1.42. The molecule has 0 aromatic heterocycles. The molecule has 2 rings (SSSR count). The Morgan fingerprint density at radius 3 is 2.76 bits per heavy atom. The molecule has 17 heavy (non-hydrogen) atoms. The van der Waals surface area contributed by atoms with E-state index >= 15 is 0 Å². The van der Waals surface area contributed by atoms with Crippen molar-refractivity contribution in [2.24, 2.45) is 0 Å². The Hall–Kier alpha value is -0.960. The zero-order chi connectivity index (χ0) is 12.1. The summed E-state index contributed by atoms with van der Waals surface area (Å²) in [5, 5.41) is 0.192. The first-order valence-corrected chi connectivity index (χ1v) is 7.23. The van der Waals surface area contributed by atoms with E-state index in [1.165, 1.54) is 18.4 Å². The van der Waals surface area contributed by atoms with E-state index in [-0.39, 0.29) is 5.25 Å². The molecule has 1 atom stereocenters. The number of carbonyl (C=O) groups is 1. The number of rotatable bonds is 3. The van der Waals surface area contributed by atoms with Crippen LogP contribution in [0.2, 0.25) is 0 Å². The molecule has 1 heterocycles. The Balaban J connectivity index is 1.90. The van der Waals surface area contributed by atoms with Crippen LogP contribution in [0.25, 0.3) is 0 Å². The third kappa shape index (κ3) is 3.50. The maximum Gasteiger partial charge on any atom is 0.235 e. The topological polar surface area (TPSA) is 20.3 Å². The second kappa shape index (κ2) is 6.10. The average Bonchev–Trinajstić information content (AvgIpc) is 2.40. The summed E-state index contributed by atoms with van der Waals surface area (Å²) in [6.07, 6.45) is 3.50. The first-order chi connectivity index (χ1) is 8.27. The number of hydrogen-bond acceptors (Lipinski definition) is 2. The molecule has 0 radical (unpaired) electrons. The standard InChI is InChI=1S/C14H19NOS/c1-15(11-12-7-3-2-4-8-12)14(16)13-9-5-6-10-17-13/h2-4,7-8,13H,5-6,9-11H2,1H3. The SMILES string of the molecule is CN(Cc1ccccc1)C(=O)C1CCCCS1. The summed E-state index contributed by atoms with van der Waals surface area (Å²) >= 11 is 1.82. The summed E-state index contributed by atoms with van der Waals surface area (Å²) in [5.41, 5.74) is 1.20. The molecule has 2 nitrogen and oxygen atoms in total. The van der Waals surface area contributed by atoms with Gasteiger partial charge in [-0.2, -0.15) is 0 Å². The first kappa shape index (κ1) is 12.5. The maximum atomic E-state index is 12.2. The molecule has 92 valence electrons. The highest BCUT2D eigenvalue weighted by Gasteiger charge is 2.24. The van der Waals surface area contributed by atoms with Crippen molar-refractivity contribution in [1.82, 2.24) is 4.90 Å². The molecular weight excluding hydrogens is 230 g/mol. The van der Waals surface area contributed by atoms with Crippen LogP contribution in [-0.4, -0.2) is 28.9 Å². The van der Waals surface area contributed by atoms with Gasteiger partial charge in [0, 0.05) is 13.6 Å². The Morgan fingerprint density at radius 1 is 1.35 bits per heavy atom. The number of carbonyl (C=O) groups excluding carboxylic acids is 1. The van der Waals surface area contributed by atoms with Gasteiger partial charge < -0.3 is 4.90 Å². The smallest absolute Gasteiger partial charge is 0.235 e. The van der Waals surface area contributed by atoms with E-state index in [2.05, 4.69) is 12.1 Å². The zero-order valence-corrected chi connectivity index (χ0v) is 11.1. The lowest BCUT2D eigenvalue weighted by Gasteiger charge is -2.26. The fourth-order valence-electron chi connectivity index (χ4n) is 2.12. The highest BCUT2D eigenvalue weighted by molar-refractivity contribution is 8.00. The number of hydrogen-bond donors (Lipinski definition) is 0. The molecule has 1 amide bonds. The highest BCUT2D eigenvalue weighted by Crippen LogP contribution is 2.26. The van der Waals surface area contributed by atoms with Gasteiger partial charge in [0.1, 0.15) is 0 Å². The van der Waals surface area contributed by atoms with Crippen LogP contribution in [0.3, 0.4) is 0 Å². The lowest BCUT2D eigenvalue weighted by Crippen LogP contribution is -2.35. The molecule has 1 aliphatic heterocycles. The van der Waals surface area contributed by atoms with Crippen LogP contribution in [0.15, 0.2) is 30.3 Å². The zero-order valence-electron chi connectivity index (χ0n) is 10.3. The van der Waals surface area contributed by atoms with Crippen molar-refractivity contribution in [3.8, 4) is 0 Å². The van der Waals surface area contributed by atoms with Gasteiger partial charge in [-0.05, 0) is 24.2 Å². The third-order valence-corrected chi connectivity index (χ3v) is 4.46. The summed E-state index contributed by atoms with van der Waals surface area (Å²) in [6.45, 7) is 0.719. The lowest BCUT2D eigenvalue weighted by atomic mass is 10.1. The summed E-state index contributed by atoms with van der Waals surface area (Å²) in [4.78, 5) is 14.1. The fraction of sp³-hybridized carbons (Fsp3) is 0.500. The molecule has 1 aliphatic rings. The molecule has 1 unspecified atom stereocenters. The van der Waals surface area contributed by atoms with Crippen molar-refractivity contribution in [2.45, 2.75) is 31.1 Å².